The van der Waals surface area contributed by atoms with Crippen molar-refractivity contribution in [1.82, 2.24) is 5.32 Å². The largest absolute Gasteiger partial charge is 0.483 e. The van der Waals surface area contributed by atoms with Gasteiger partial charge in [-0.25, -0.2) is 4.39 Å². The minimum atomic E-state index is -0.385. The van der Waals surface area contributed by atoms with E-state index in [2.05, 4.69) is 21.2 Å². The van der Waals surface area contributed by atoms with Crippen molar-refractivity contribution in [2.24, 2.45) is 5.92 Å². The molecular weight excluding hydrogens is 317 g/mol. The van der Waals surface area contributed by atoms with Crippen LogP contribution >= 0.6 is 15.9 Å². The van der Waals surface area contributed by atoms with Gasteiger partial charge in [-0.15, -0.1) is 0 Å². The van der Waals surface area contributed by atoms with Crippen LogP contribution in [0.3, 0.4) is 0 Å². The highest BCUT2D eigenvalue weighted by Gasteiger charge is 2.15. The third kappa shape index (κ3) is 5.16. The molecule has 1 rings (SSSR count). The van der Waals surface area contributed by atoms with Gasteiger partial charge in [0, 0.05) is 0 Å². The van der Waals surface area contributed by atoms with Gasteiger partial charge < -0.3 is 15.2 Å². The number of carbonyl (C=O) groups excluding carboxylic acids is 1. The van der Waals surface area contributed by atoms with Crippen LogP contribution in [0.4, 0.5) is 4.39 Å². The zero-order valence-corrected chi connectivity index (χ0v) is 12.4. The van der Waals surface area contributed by atoms with E-state index in [1.54, 1.807) is 0 Å². The van der Waals surface area contributed by atoms with Gasteiger partial charge in [0.1, 0.15) is 11.6 Å². The predicted molar refractivity (Wildman–Crippen MR) is 73.4 cm³/mol. The van der Waals surface area contributed by atoms with Crippen molar-refractivity contribution in [3.63, 3.8) is 0 Å². The first-order valence-electron chi connectivity index (χ1n) is 5.92. The van der Waals surface area contributed by atoms with E-state index in [4.69, 9.17) is 9.84 Å². The van der Waals surface area contributed by atoms with Crippen LogP contribution in [0.15, 0.2) is 22.7 Å². The molecule has 0 spiro atoms. The number of ether oxygens (including phenoxy) is 1. The van der Waals surface area contributed by atoms with E-state index in [1.807, 2.05) is 13.8 Å². The number of hydrogen-bond donors (Lipinski definition) is 2. The van der Waals surface area contributed by atoms with Crippen LogP contribution in [0.25, 0.3) is 0 Å². The molecular formula is C13H17BrFNO3. The zero-order valence-electron chi connectivity index (χ0n) is 10.8. The second-order valence-corrected chi connectivity index (χ2v) is 5.32. The van der Waals surface area contributed by atoms with Crippen molar-refractivity contribution in [3.05, 3.63) is 28.5 Å². The lowest BCUT2D eigenvalue weighted by Gasteiger charge is -2.20. The first kappa shape index (κ1) is 15.9. The Morgan fingerprint density at radius 2 is 2.21 bits per heavy atom. The summed E-state index contributed by atoms with van der Waals surface area (Å²) < 4.78 is 18.6. The van der Waals surface area contributed by atoms with E-state index in [0.717, 1.165) is 0 Å². The number of nitrogens with one attached hydrogen (secondary N) is 1. The molecule has 0 radical (unpaired) electrons. The van der Waals surface area contributed by atoms with Crippen molar-refractivity contribution < 1.29 is 19.0 Å². The van der Waals surface area contributed by atoms with Gasteiger partial charge >= 0.3 is 0 Å². The van der Waals surface area contributed by atoms with Crippen LogP contribution in [0.1, 0.15) is 13.8 Å². The van der Waals surface area contributed by atoms with Gasteiger partial charge in [-0.05, 0) is 40.0 Å². The molecule has 106 valence electrons. The van der Waals surface area contributed by atoms with Crippen molar-refractivity contribution >= 4 is 21.8 Å². The number of rotatable bonds is 6. The SMILES string of the molecule is CC(C)[C@@H](CO)NC(=O)COc1ccc(F)cc1Br. The van der Waals surface area contributed by atoms with Crippen LogP contribution in [-0.4, -0.2) is 30.3 Å². The number of aliphatic hydroxyl groups is 1. The molecule has 0 aliphatic carbocycles. The van der Waals surface area contributed by atoms with Crippen molar-refractivity contribution in [3.8, 4) is 5.75 Å². The fourth-order valence-corrected chi connectivity index (χ4v) is 1.87. The topological polar surface area (TPSA) is 58.6 Å². The molecule has 4 nitrogen and oxygen atoms in total. The summed E-state index contributed by atoms with van der Waals surface area (Å²) in [5, 5.41) is 11.8. The maximum Gasteiger partial charge on any atom is 0.258 e. The monoisotopic (exact) mass is 333 g/mol. The summed E-state index contributed by atoms with van der Waals surface area (Å²) in [6.07, 6.45) is 0. The Morgan fingerprint density at radius 3 is 2.74 bits per heavy atom. The molecule has 2 N–H and O–H groups in total. The Balaban J connectivity index is 2.50. The van der Waals surface area contributed by atoms with E-state index in [1.165, 1.54) is 18.2 Å². The number of benzene rings is 1. The molecule has 0 bridgehead atoms. The molecule has 0 saturated heterocycles. The van der Waals surface area contributed by atoms with Gasteiger partial charge in [-0.3, -0.25) is 4.79 Å². The minimum absolute atomic E-state index is 0.121. The lowest BCUT2D eigenvalue weighted by Crippen LogP contribution is -2.43. The van der Waals surface area contributed by atoms with Gasteiger partial charge in [-0.1, -0.05) is 13.8 Å². The lowest BCUT2D eigenvalue weighted by molar-refractivity contribution is -0.124. The maximum absolute atomic E-state index is 12.9. The number of halogens is 2. The third-order valence-corrected chi connectivity index (χ3v) is 3.22. The van der Waals surface area contributed by atoms with Gasteiger partial charge in [0.05, 0.1) is 17.1 Å². The van der Waals surface area contributed by atoms with E-state index in [-0.39, 0.29) is 36.9 Å². The van der Waals surface area contributed by atoms with Gasteiger partial charge in [0.2, 0.25) is 0 Å². The van der Waals surface area contributed by atoms with Crippen LogP contribution < -0.4 is 10.1 Å². The summed E-state index contributed by atoms with van der Waals surface area (Å²) in [5.74, 6) is -0.194. The van der Waals surface area contributed by atoms with Crippen molar-refractivity contribution in [1.29, 1.82) is 0 Å². The predicted octanol–water partition coefficient (Wildman–Crippen LogP) is 2.10. The highest BCUT2D eigenvalue weighted by Crippen LogP contribution is 2.25. The summed E-state index contributed by atoms with van der Waals surface area (Å²) in [6.45, 7) is 3.49. The average molecular weight is 334 g/mol. The Labute approximate surface area is 120 Å². The quantitative estimate of drug-likeness (QED) is 0.838. The van der Waals surface area contributed by atoms with Gasteiger partial charge in [-0.2, -0.15) is 0 Å². The summed E-state index contributed by atoms with van der Waals surface area (Å²) in [7, 11) is 0. The molecule has 1 atom stereocenters. The average Bonchev–Trinajstić information content (AvgIpc) is 2.34. The fraction of sp³-hybridized carbons (Fsp3) is 0.462. The molecule has 0 heterocycles. The van der Waals surface area contributed by atoms with E-state index >= 15 is 0 Å². The fourth-order valence-electron chi connectivity index (χ4n) is 1.41. The summed E-state index contributed by atoms with van der Waals surface area (Å²) in [4.78, 5) is 11.6. The summed E-state index contributed by atoms with van der Waals surface area (Å²) in [6, 6.07) is 3.66. The molecule has 1 amide bonds. The highest BCUT2D eigenvalue weighted by atomic mass is 79.9. The first-order chi connectivity index (χ1) is 8.93. The number of hydrogen-bond acceptors (Lipinski definition) is 3. The molecule has 6 heteroatoms. The van der Waals surface area contributed by atoms with Gasteiger partial charge in [0.15, 0.2) is 6.61 Å². The van der Waals surface area contributed by atoms with Crippen LogP contribution in [0, 0.1) is 11.7 Å². The summed E-state index contributed by atoms with van der Waals surface area (Å²) in [5.41, 5.74) is 0. The molecule has 0 unspecified atom stereocenters. The van der Waals surface area contributed by atoms with Crippen LogP contribution in [0.2, 0.25) is 0 Å². The zero-order chi connectivity index (χ0) is 14.4. The van der Waals surface area contributed by atoms with Gasteiger partial charge in [0.25, 0.3) is 5.91 Å². The molecule has 0 aliphatic heterocycles. The Bertz CT molecular complexity index is 440. The number of aliphatic hydroxyl groups excluding tert-OH is 1. The summed E-state index contributed by atoms with van der Waals surface area (Å²) >= 11 is 3.15. The standard InChI is InChI=1S/C13H17BrFNO3/c1-8(2)11(6-17)16-13(18)7-19-12-4-3-9(15)5-10(12)14/h3-5,8,11,17H,6-7H2,1-2H3,(H,16,18)/t11-/m1/s1. The number of amides is 1. The molecule has 19 heavy (non-hydrogen) atoms. The van der Waals surface area contributed by atoms with Crippen molar-refractivity contribution in [2.75, 3.05) is 13.2 Å². The molecule has 0 fully saturated rings. The Morgan fingerprint density at radius 1 is 1.53 bits per heavy atom. The highest BCUT2D eigenvalue weighted by molar-refractivity contribution is 9.10. The molecule has 0 aliphatic rings. The minimum Gasteiger partial charge on any atom is -0.483 e. The molecule has 1 aromatic carbocycles. The Hall–Kier alpha value is -1.14. The Kier molecular flexibility index (Phi) is 6.24. The smallest absolute Gasteiger partial charge is 0.258 e. The van der Waals surface area contributed by atoms with Crippen LogP contribution in [0.5, 0.6) is 5.75 Å². The van der Waals surface area contributed by atoms with E-state index < -0.39 is 0 Å². The number of carbonyl (C=O) groups is 1. The molecule has 0 saturated carbocycles. The van der Waals surface area contributed by atoms with Crippen LogP contribution in [-0.2, 0) is 4.79 Å². The second kappa shape index (κ2) is 7.45. The second-order valence-electron chi connectivity index (χ2n) is 4.46. The molecule has 0 aromatic heterocycles. The van der Waals surface area contributed by atoms with Crippen molar-refractivity contribution in [2.45, 2.75) is 19.9 Å². The lowest BCUT2D eigenvalue weighted by atomic mass is 10.1. The molecule has 1 aromatic rings. The van der Waals surface area contributed by atoms with E-state index in [0.29, 0.717) is 10.2 Å². The first-order valence-corrected chi connectivity index (χ1v) is 6.71. The normalized spacial score (nSPS) is 12.3. The maximum atomic E-state index is 12.9. The third-order valence-electron chi connectivity index (χ3n) is 2.60. The van der Waals surface area contributed by atoms with E-state index in [9.17, 15) is 9.18 Å².